The van der Waals surface area contributed by atoms with Gasteiger partial charge in [0, 0.05) is 5.41 Å². The zero-order chi connectivity index (χ0) is 18.9. The molecule has 0 bridgehead atoms. The van der Waals surface area contributed by atoms with Crippen molar-refractivity contribution in [1.82, 2.24) is 0 Å². The molecular formula is C19H24O7. The summed E-state index contributed by atoms with van der Waals surface area (Å²) >= 11 is 0. The lowest BCUT2D eigenvalue weighted by molar-refractivity contribution is -0.187. The molecule has 0 aromatic heterocycles. The summed E-state index contributed by atoms with van der Waals surface area (Å²) in [5.41, 5.74) is -4.63. The molecule has 7 heteroatoms. The molecule has 0 radical (unpaired) electrons. The molecule has 2 saturated carbocycles. The van der Waals surface area contributed by atoms with Gasteiger partial charge in [-0.25, -0.2) is 0 Å². The summed E-state index contributed by atoms with van der Waals surface area (Å²) in [7, 11) is 0. The van der Waals surface area contributed by atoms with Crippen LogP contribution in [0.15, 0.2) is 0 Å². The smallest absolute Gasteiger partial charge is 0.329 e. The lowest BCUT2D eigenvalue weighted by Gasteiger charge is -2.43. The van der Waals surface area contributed by atoms with Crippen molar-refractivity contribution >= 4 is 17.7 Å². The van der Waals surface area contributed by atoms with Crippen molar-refractivity contribution in [2.75, 3.05) is 0 Å². The predicted molar refractivity (Wildman–Crippen MR) is 85.6 cm³/mol. The van der Waals surface area contributed by atoms with E-state index in [1.165, 1.54) is 0 Å². The normalized spacial score (nSPS) is 56.1. The Morgan fingerprint density at radius 1 is 1.19 bits per heavy atom. The number of fused-ring (bicyclic) bond motifs is 2. The Morgan fingerprint density at radius 3 is 2.46 bits per heavy atom. The van der Waals surface area contributed by atoms with Gasteiger partial charge in [-0.1, -0.05) is 27.7 Å². The first kappa shape index (κ1) is 16.7. The Kier molecular flexibility index (Phi) is 2.78. The van der Waals surface area contributed by atoms with Crippen LogP contribution in [0, 0.1) is 22.7 Å². The monoisotopic (exact) mass is 364 g/mol. The number of rotatable bonds is 2. The van der Waals surface area contributed by atoms with Crippen molar-refractivity contribution in [3.63, 3.8) is 0 Å². The molecule has 26 heavy (non-hydrogen) atoms. The maximum Gasteiger partial charge on any atom is 0.329 e. The molecule has 7 nitrogen and oxygen atoms in total. The van der Waals surface area contributed by atoms with Gasteiger partial charge in [0.1, 0.15) is 6.10 Å². The zero-order valence-corrected chi connectivity index (χ0v) is 15.7. The Balaban J connectivity index is 1.73. The molecule has 142 valence electrons. The molecule has 8 atom stereocenters. The van der Waals surface area contributed by atoms with E-state index in [1.54, 1.807) is 20.8 Å². The largest absolute Gasteiger partial charge is 0.460 e. The second-order valence-corrected chi connectivity index (χ2v) is 9.17. The van der Waals surface area contributed by atoms with Gasteiger partial charge < -0.3 is 18.9 Å². The minimum atomic E-state index is -1.65. The van der Waals surface area contributed by atoms with Crippen molar-refractivity contribution in [1.29, 1.82) is 0 Å². The predicted octanol–water partition coefficient (Wildman–Crippen LogP) is 1.37. The number of ketones is 1. The highest BCUT2D eigenvalue weighted by atomic mass is 16.8. The minimum Gasteiger partial charge on any atom is -0.460 e. The number of hydrogen-bond donors (Lipinski definition) is 0. The second kappa shape index (κ2) is 4.33. The van der Waals surface area contributed by atoms with Crippen molar-refractivity contribution in [3.8, 4) is 0 Å². The molecule has 0 aromatic rings. The lowest BCUT2D eigenvalue weighted by atomic mass is 9.61. The van der Waals surface area contributed by atoms with E-state index in [1.807, 2.05) is 13.8 Å². The van der Waals surface area contributed by atoms with E-state index >= 15 is 0 Å². The molecular weight excluding hydrogens is 340 g/mol. The highest BCUT2D eigenvalue weighted by Gasteiger charge is 2.97. The van der Waals surface area contributed by atoms with Crippen LogP contribution in [0.4, 0.5) is 0 Å². The third-order valence-electron chi connectivity index (χ3n) is 7.81. The van der Waals surface area contributed by atoms with E-state index in [0.29, 0.717) is 0 Å². The first-order valence-electron chi connectivity index (χ1n) is 9.40. The average Bonchev–Trinajstić information content (AvgIpc) is 3.43. The summed E-state index contributed by atoms with van der Waals surface area (Å²) in [6, 6.07) is 0. The highest BCUT2D eigenvalue weighted by molar-refractivity contribution is 6.16. The fourth-order valence-corrected chi connectivity index (χ4v) is 5.90. The first-order valence-corrected chi connectivity index (χ1v) is 9.40. The molecule has 8 unspecified atom stereocenters. The molecule has 5 rings (SSSR count). The summed E-state index contributed by atoms with van der Waals surface area (Å²) in [5.74, 6) is -1.73. The van der Waals surface area contributed by atoms with Gasteiger partial charge in [0.2, 0.25) is 11.7 Å². The Hall–Kier alpha value is -1.47. The summed E-state index contributed by atoms with van der Waals surface area (Å²) < 4.78 is 22.9. The van der Waals surface area contributed by atoms with E-state index < -0.39 is 46.4 Å². The number of hydrogen-bond acceptors (Lipinski definition) is 7. The third kappa shape index (κ3) is 1.36. The van der Waals surface area contributed by atoms with Gasteiger partial charge in [0.25, 0.3) is 0 Å². The third-order valence-corrected chi connectivity index (χ3v) is 7.81. The quantitative estimate of drug-likeness (QED) is 0.415. The van der Waals surface area contributed by atoms with E-state index in [9.17, 15) is 14.4 Å². The van der Waals surface area contributed by atoms with E-state index in [-0.39, 0.29) is 23.7 Å². The molecule has 0 N–H and O–H groups in total. The van der Waals surface area contributed by atoms with Crippen LogP contribution in [0.25, 0.3) is 0 Å². The number of carbonyl (C=O) groups excluding carboxylic acids is 3. The van der Waals surface area contributed by atoms with Crippen LogP contribution in [-0.4, -0.2) is 47.4 Å². The molecule has 5 aliphatic rings. The van der Waals surface area contributed by atoms with Crippen LogP contribution in [0.5, 0.6) is 0 Å². The van der Waals surface area contributed by atoms with E-state index in [4.69, 9.17) is 18.9 Å². The SMILES string of the molecule is CC(C)C(=O)OC1C2(C(=O)OC3OC32C)C(=O)C23OC2CCC(C)C13C. The van der Waals surface area contributed by atoms with Crippen LogP contribution in [-0.2, 0) is 33.3 Å². The van der Waals surface area contributed by atoms with E-state index in [0.717, 1.165) is 12.8 Å². The van der Waals surface area contributed by atoms with Crippen LogP contribution < -0.4 is 0 Å². The van der Waals surface area contributed by atoms with Gasteiger partial charge >= 0.3 is 11.9 Å². The topological polar surface area (TPSA) is 94.7 Å². The van der Waals surface area contributed by atoms with Crippen molar-refractivity contribution in [2.45, 2.75) is 77.2 Å². The van der Waals surface area contributed by atoms with Crippen molar-refractivity contribution in [2.24, 2.45) is 22.7 Å². The summed E-state index contributed by atoms with van der Waals surface area (Å²) in [6.07, 6.45) is -0.336. The average molecular weight is 364 g/mol. The number of esters is 2. The molecule has 3 aliphatic heterocycles. The van der Waals surface area contributed by atoms with Gasteiger partial charge in [0.05, 0.1) is 12.0 Å². The lowest BCUT2D eigenvalue weighted by Crippen LogP contribution is -2.56. The van der Waals surface area contributed by atoms with Gasteiger partial charge in [-0.2, -0.15) is 0 Å². The van der Waals surface area contributed by atoms with E-state index in [2.05, 4.69) is 0 Å². The van der Waals surface area contributed by atoms with Crippen LogP contribution >= 0.6 is 0 Å². The standard InChI is InChI=1S/C19H24O7/c1-8(2)11(20)23-13-16(4)9(3)6-7-10-19(16,25-10)12(21)18(13)14(22)24-15-17(18,5)26-15/h8-10,13,15H,6-7H2,1-5H3. The molecule has 3 saturated heterocycles. The van der Waals surface area contributed by atoms with Crippen LogP contribution in [0.2, 0.25) is 0 Å². The first-order chi connectivity index (χ1) is 12.1. The number of epoxide rings is 2. The van der Waals surface area contributed by atoms with Gasteiger partial charge in [-0.3, -0.25) is 14.4 Å². The number of ether oxygens (including phenoxy) is 4. The Morgan fingerprint density at radius 2 is 1.88 bits per heavy atom. The number of Topliss-reactive ketones (excluding diaryl/α,β-unsaturated/α-hetero) is 1. The zero-order valence-electron chi connectivity index (χ0n) is 15.7. The summed E-state index contributed by atoms with van der Waals surface area (Å²) in [6.45, 7) is 9.13. The van der Waals surface area contributed by atoms with Crippen LogP contribution in [0.1, 0.15) is 47.5 Å². The second-order valence-electron chi connectivity index (χ2n) is 9.17. The minimum absolute atomic E-state index is 0.0451. The molecule has 2 spiro atoms. The molecule has 0 aromatic carbocycles. The molecule has 5 fully saturated rings. The highest BCUT2D eigenvalue weighted by Crippen LogP contribution is 2.77. The Bertz CT molecular complexity index is 761. The van der Waals surface area contributed by atoms with Crippen LogP contribution in [0.3, 0.4) is 0 Å². The van der Waals surface area contributed by atoms with Crippen molar-refractivity contribution < 1.29 is 33.3 Å². The summed E-state index contributed by atoms with van der Waals surface area (Å²) in [4.78, 5) is 39.3. The van der Waals surface area contributed by atoms with Gasteiger partial charge in [-0.15, -0.1) is 0 Å². The Labute approximate surface area is 151 Å². The number of carbonyl (C=O) groups is 3. The maximum absolute atomic E-state index is 13.8. The molecule has 2 aliphatic carbocycles. The summed E-state index contributed by atoms with van der Waals surface area (Å²) in [5, 5.41) is 0. The fourth-order valence-electron chi connectivity index (χ4n) is 5.90. The van der Waals surface area contributed by atoms with Gasteiger partial charge in [0.15, 0.2) is 17.0 Å². The maximum atomic E-state index is 13.8. The molecule has 0 amide bonds. The fraction of sp³-hybridized carbons (Fsp3) is 0.842. The molecule has 3 heterocycles. The van der Waals surface area contributed by atoms with Crippen molar-refractivity contribution in [3.05, 3.63) is 0 Å². The van der Waals surface area contributed by atoms with Gasteiger partial charge in [-0.05, 0) is 25.7 Å².